The molecule has 0 spiro atoms. The minimum Gasteiger partial charge on any atom is -0.303 e. The molecule has 0 heterocycles. The van der Waals surface area contributed by atoms with Crippen LogP contribution in [0.25, 0.3) is 0 Å². The first kappa shape index (κ1) is 16.7. The van der Waals surface area contributed by atoms with Gasteiger partial charge in [-0.15, -0.1) is 0 Å². The first-order valence-electron chi connectivity index (χ1n) is 7.80. The van der Waals surface area contributed by atoms with Gasteiger partial charge in [0.15, 0.2) is 0 Å². The second-order valence-electron chi connectivity index (χ2n) is 5.30. The summed E-state index contributed by atoms with van der Waals surface area (Å²) in [6, 6.07) is 0. The highest BCUT2D eigenvalue weighted by Gasteiger charge is 2.06. The van der Waals surface area contributed by atoms with E-state index in [1.165, 1.54) is 70.5 Å². The molecule has 0 bridgehead atoms. The van der Waals surface area contributed by atoms with Crippen molar-refractivity contribution in [2.45, 2.75) is 90.9 Å². The van der Waals surface area contributed by atoms with Crippen LogP contribution in [0.3, 0.4) is 0 Å². The molecule has 0 aliphatic rings. The summed E-state index contributed by atoms with van der Waals surface area (Å²) in [7, 11) is 0. The number of unbranched alkanes of at least 4 members (excludes halogenated alkanes) is 8. The molecule has 0 aromatic carbocycles. The van der Waals surface area contributed by atoms with Crippen molar-refractivity contribution in [1.82, 2.24) is 0 Å². The van der Waals surface area contributed by atoms with E-state index >= 15 is 0 Å². The molecule has 0 radical (unpaired) electrons. The SMILES string of the molecule is CCCCCCCC(C=O)CCCCCCC. The zero-order valence-electron chi connectivity index (χ0n) is 12.0. The van der Waals surface area contributed by atoms with Crippen LogP contribution in [0.2, 0.25) is 0 Å². The molecule has 17 heavy (non-hydrogen) atoms. The lowest BCUT2D eigenvalue weighted by atomic mass is 9.95. The Kier molecular flexibility index (Phi) is 13.5. The van der Waals surface area contributed by atoms with Gasteiger partial charge in [0.25, 0.3) is 0 Å². The maximum atomic E-state index is 10.9. The zero-order chi connectivity index (χ0) is 12.8. The van der Waals surface area contributed by atoms with E-state index in [0.717, 1.165) is 12.8 Å². The Hall–Kier alpha value is -0.330. The van der Waals surface area contributed by atoms with Crippen LogP contribution in [0.4, 0.5) is 0 Å². The molecule has 0 aliphatic heterocycles. The second-order valence-corrected chi connectivity index (χ2v) is 5.30. The summed E-state index contributed by atoms with van der Waals surface area (Å²) in [4.78, 5) is 10.9. The Labute approximate surface area is 108 Å². The van der Waals surface area contributed by atoms with E-state index < -0.39 is 0 Å². The van der Waals surface area contributed by atoms with Crippen LogP contribution in [0.15, 0.2) is 0 Å². The Morgan fingerprint density at radius 1 is 0.706 bits per heavy atom. The average molecular weight is 240 g/mol. The van der Waals surface area contributed by atoms with Crippen LogP contribution in [0, 0.1) is 5.92 Å². The summed E-state index contributed by atoms with van der Waals surface area (Å²) in [5.41, 5.74) is 0. The van der Waals surface area contributed by atoms with Gasteiger partial charge in [-0.25, -0.2) is 0 Å². The average Bonchev–Trinajstić information content (AvgIpc) is 2.36. The first-order valence-corrected chi connectivity index (χ1v) is 7.80. The molecule has 1 nitrogen and oxygen atoms in total. The highest BCUT2D eigenvalue weighted by molar-refractivity contribution is 5.53. The molecule has 0 N–H and O–H groups in total. The van der Waals surface area contributed by atoms with E-state index in [4.69, 9.17) is 0 Å². The number of carbonyl (C=O) groups excluding carboxylic acids is 1. The monoisotopic (exact) mass is 240 g/mol. The van der Waals surface area contributed by atoms with Crippen molar-refractivity contribution in [2.24, 2.45) is 5.92 Å². The molecule has 0 rings (SSSR count). The molecule has 0 aromatic heterocycles. The van der Waals surface area contributed by atoms with E-state index in [2.05, 4.69) is 13.8 Å². The van der Waals surface area contributed by atoms with Crippen molar-refractivity contribution in [3.8, 4) is 0 Å². The highest BCUT2D eigenvalue weighted by atomic mass is 16.1. The molecule has 0 saturated carbocycles. The van der Waals surface area contributed by atoms with Gasteiger partial charge in [0, 0.05) is 5.92 Å². The van der Waals surface area contributed by atoms with Gasteiger partial charge in [-0.2, -0.15) is 0 Å². The summed E-state index contributed by atoms with van der Waals surface area (Å²) in [6.45, 7) is 4.48. The predicted molar refractivity (Wildman–Crippen MR) is 76.3 cm³/mol. The van der Waals surface area contributed by atoms with Crippen molar-refractivity contribution in [2.75, 3.05) is 0 Å². The minimum atomic E-state index is 0.346. The first-order chi connectivity index (χ1) is 8.35. The van der Waals surface area contributed by atoms with Crippen molar-refractivity contribution < 1.29 is 4.79 Å². The van der Waals surface area contributed by atoms with E-state index in [1.54, 1.807) is 0 Å². The topological polar surface area (TPSA) is 17.1 Å². The number of rotatable bonds is 13. The Balaban J connectivity index is 3.33. The van der Waals surface area contributed by atoms with E-state index in [-0.39, 0.29) is 0 Å². The standard InChI is InChI=1S/C16H32O/c1-3-5-7-9-11-13-16(15-17)14-12-10-8-6-4-2/h15-16H,3-14H2,1-2H3. The molecule has 0 aliphatic carbocycles. The Bertz CT molecular complexity index is 140. The van der Waals surface area contributed by atoms with Crippen LogP contribution in [0.1, 0.15) is 90.9 Å². The molecular formula is C16H32O. The fourth-order valence-electron chi connectivity index (χ4n) is 2.30. The minimum absolute atomic E-state index is 0.346. The summed E-state index contributed by atoms with van der Waals surface area (Å²) >= 11 is 0. The summed E-state index contributed by atoms with van der Waals surface area (Å²) in [5, 5.41) is 0. The maximum absolute atomic E-state index is 10.9. The fraction of sp³-hybridized carbons (Fsp3) is 0.938. The van der Waals surface area contributed by atoms with Crippen LogP contribution < -0.4 is 0 Å². The number of aldehydes is 1. The molecular weight excluding hydrogens is 208 g/mol. The quantitative estimate of drug-likeness (QED) is 0.306. The van der Waals surface area contributed by atoms with Gasteiger partial charge in [-0.05, 0) is 12.8 Å². The third-order valence-electron chi connectivity index (χ3n) is 3.55. The Morgan fingerprint density at radius 3 is 1.47 bits per heavy atom. The normalized spacial score (nSPS) is 11.0. The number of hydrogen-bond acceptors (Lipinski definition) is 1. The van der Waals surface area contributed by atoms with Gasteiger partial charge in [0.1, 0.15) is 6.29 Å². The second kappa shape index (κ2) is 13.7. The third-order valence-corrected chi connectivity index (χ3v) is 3.55. The maximum Gasteiger partial charge on any atom is 0.123 e. The summed E-state index contributed by atoms with van der Waals surface area (Å²) in [5.74, 6) is 0.346. The van der Waals surface area contributed by atoms with E-state index in [9.17, 15) is 4.79 Å². The predicted octanol–water partition coefficient (Wildman–Crippen LogP) is 5.52. The number of hydrogen-bond donors (Lipinski definition) is 0. The van der Waals surface area contributed by atoms with Crippen LogP contribution in [-0.4, -0.2) is 6.29 Å². The lowest BCUT2D eigenvalue weighted by molar-refractivity contribution is -0.111. The fourth-order valence-corrected chi connectivity index (χ4v) is 2.30. The zero-order valence-corrected chi connectivity index (χ0v) is 12.0. The van der Waals surface area contributed by atoms with Crippen molar-refractivity contribution >= 4 is 6.29 Å². The number of carbonyl (C=O) groups is 1. The van der Waals surface area contributed by atoms with Crippen LogP contribution in [-0.2, 0) is 4.79 Å². The van der Waals surface area contributed by atoms with Gasteiger partial charge in [0.05, 0.1) is 0 Å². The van der Waals surface area contributed by atoms with Crippen LogP contribution >= 0.6 is 0 Å². The Morgan fingerprint density at radius 2 is 1.12 bits per heavy atom. The van der Waals surface area contributed by atoms with Gasteiger partial charge >= 0.3 is 0 Å². The third kappa shape index (κ3) is 11.9. The van der Waals surface area contributed by atoms with E-state index in [1.807, 2.05) is 0 Å². The van der Waals surface area contributed by atoms with Crippen LogP contribution in [0.5, 0.6) is 0 Å². The van der Waals surface area contributed by atoms with Gasteiger partial charge in [-0.3, -0.25) is 0 Å². The van der Waals surface area contributed by atoms with Gasteiger partial charge in [-0.1, -0.05) is 78.1 Å². The van der Waals surface area contributed by atoms with Crippen molar-refractivity contribution in [1.29, 1.82) is 0 Å². The molecule has 0 atom stereocenters. The largest absolute Gasteiger partial charge is 0.303 e. The molecule has 102 valence electrons. The van der Waals surface area contributed by atoms with Crippen molar-refractivity contribution in [3.63, 3.8) is 0 Å². The molecule has 1 heteroatoms. The lowest BCUT2D eigenvalue weighted by Crippen LogP contribution is -2.02. The van der Waals surface area contributed by atoms with E-state index in [0.29, 0.717) is 5.92 Å². The molecule has 0 aromatic rings. The molecule has 0 amide bonds. The van der Waals surface area contributed by atoms with Gasteiger partial charge < -0.3 is 4.79 Å². The summed E-state index contributed by atoms with van der Waals surface area (Å²) < 4.78 is 0. The summed E-state index contributed by atoms with van der Waals surface area (Å²) in [6.07, 6.45) is 16.6. The molecule has 0 saturated heterocycles. The van der Waals surface area contributed by atoms with Crippen molar-refractivity contribution in [3.05, 3.63) is 0 Å². The molecule has 0 fully saturated rings. The smallest absolute Gasteiger partial charge is 0.123 e. The molecule has 0 unspecified atom stereocenters. The van der Waals surface area contributed by atoms with Gasteiger partial charge in [0.2, 0.25) is 0 Å². The lowest BCUT2D eigenvalue weighted by Gasteiger charge is -2.09. The highest BCUT2D eigenvalue weighted by Crippen LogP contribution is 2.17.